The zero-order chi connectivity index (χ0) is 17.4. The monoisotopic (exact) mass is 321 g/mol. The number of hydrogen-bond acceptors (Lipinski definition) is 2. The number of carbonyl (C=O) groups is 2. The molecular weight excluding hydrogens is 298 g/mol. The molecule has 0 fully saturated rings. The number of nitrogens with one attached hydrogen (secondary N) is 1. The summed E-state index contributed by atoms with van der Waals surface area (Å²) < 4.78 is 0. The third kappa shape index (κ3) is 5.51. The quantitative estimate of drug-likeness (QED) is 0.366. The van der Waals surface area contributed by atoms with E-state index < -0.39 is 0 Å². The molecule has 3 heteroatoms. The van der Waals surface area contributed by atoms with Gasteiger partial charge >= 0.3 is 0 Å². The highest BCUT2D eigenvalue weighted by atomic mass is 16.2. The second-order valence-corrected chi connectivity index (χ2v) is 5.87. The van der Waals surface area contributed by atoms with Gasteiger partial charge in [-0.2, -0.15) is 0 Å². The van der Waals surface area contributed by atoms with Crippen LogP contribution in [-0.2, 0) is 16.0 Å². The highest BCUT2D eigenvalue weighted by molar-refractivity contribution is 6.21. The van der Waals surface area contributed by atoms with Gasteiger partial charge in [0.2, 0.25) is 0 Å². The van der Waals surface area contributed by atoms with Crippen molar-refractivity contribution < 1.29 is 9.59 Å². The van der Waals surface area contributed by atoms with Crippen LogP contribution in [0, 0.1) is 6.92 Å². The van der Waals surface area contributed by atoms with Crippen LogP contribution in [0.1, 0.15) is 30.0 Å². The van der Waals surface area contributed by atoms with Crippen molar-refractivity contribution in [2.24, 2.45) is 0 Å². The highest BCUT2D eigenvalue weighted by Gasteiger charge is 2.13. The maximum absolute atomic E-state index is 12.3. The summed E-state index contributed by atoms with van der Waals surface area (Å²) in [6, 6.07) is 17.9. The standard InChI is InChI=1S/C21H23NO2/c1-16-10-12-19(13-11-16)15-20(17(2)23)21(24)22-14-6-9-18-7-4-3-5-8-18/h3-5,7-8,10-13,15H,6,9,14H2,1-2H3,(H,22,24)/b20-15-. The second-order valence-electron chi connectivity index (χ2n) is 5.87. The van der Waals surface area contributed by atoms with Crippen LogP contribution in [0.4, 0.5) is 0 Å². The zero-order valence-corrected chi connectivity index (χ0v) is 14.2. The van der Waals surface area contributed by atoms with E-state index in [0.717, 1.165) is 24.0 Å². The van der Waals surface area contributed by atoms with Gasteiger partial charge in [-0.1, -0.05) is 60.2 Å². The minimum absolute atomic E-state index is 0.193. The van der Waals surface area contributed by atoms with Crippen molar-refractivity contribution in [3.63, 3.8) is 0 Å². The average Bonchev–Trinajstić information content (AvgIpc) is 2.58. The van der Waals surface area contributed by atoms with Crippen molar-refractivity contribution in [2.45, 2.75) is 26.7 Å². The smallest absolute Gasteiger partial charge is 0.254 e. The van der Waals surface area contributed by atoms with Crippen molar-refractivity contribution in [1.82, 2.24) is 5.32 Å². The van der Waals surface area contributed by atoms with Gasteiger partial charge in [-0.15, -0.1) is 0 Å². The Hall–Kier alpha value is -2.68. The van der Waals surface area contributed by atoms with Gasteiger partial charge in [-0.3, -0.25) is 9.59 Å². The fourth-order valence-electron chi connectivity index (χ4n) is 2.39. The largest absolute Gasteiger partial charge is 0.352 e. The van der Waals surface area contributed by atoms with E-state index in [1.807, 2.05) is 49.4 Å². The molecule has 0 bridgehead atoms. The maximum atomic E-state index is 12.3. The number of amides is 1. The van der Waals surface area contributed by atoms with Crippen LogP contribution in [0.25, 0.3) is 6.08 Å². The van der Waals surface area contributed by atoms with E-state index in [1.54, 1.807) is 6.08 Å². The number of ketones is 1. The third-order valence-electron chi connectivity index (χ3n) is 3.78. The molecule has 3 nitrogen and oxygen atoms in total. The first kappa shape index (κ1) is 17.7. The van der Waals surface area contributed by atoms with Gasteiger partial charge in [0, 0.05) is 6.54 Å². The summed E-state index contributed by atoms with van der Waals surface area (Å²) in [5, 5.41) is 2.84. The second kappa shape index (κ2) is 8.82. The van der Waals surface area contributed by atoms with E-state index >= 15 is 0 Å². The third-order valence-corrected chi connectivity index (χ3v) is 3.78. The number of carbonyl (C=O) groups excluding carboxylic acids is 2. The number of hydrogen-bond donors (Lipinski definition) is 1. The van der Waals surface area contributed by atoms with E-state index in [0.29, 0.717) is 6.54 Å². The summed E-state index contributed by atoms with van der Waals surface area (Å²) in [6.07, 6.45) is 3.39. The molecule has 2 rings (SSSR count). The molecule has 1 amide bonds. The Morgan fingerprint density at radius 1 is 1.00 bits per heavy atom. The number of rotatable bonds is 7. The number of Topliss-reactive ketones (excluding diaryl/α,β-unsaturated/α-hetero) is 1. The van der Waals surface area contributed by atoms with Crippen LogP contribution in [0.5, 0.6) is 0 Å². The normalized spacial score (nSPS) is 11.2. The molecule has 0 atom stereocenters. The minimum Gasteiger partial charge on any atom is -0.352 e. The molecule has 2 aromatic carbocycles. The van der Waals surface area contributed by atoms with E-state index in [9.17, 15) is 9.59 Å². The maximum Gasteiger partial charge on any atom is 0.254 e. The van der Waals surface area contributed by atoms with Crippen LogP contribution in [-0.4, -0.2) is 18.2 Å². The summed E-state index contributed by atoms with van der Waals surface area (Å²) in [5.41, 5.74) is 3.43. The Bertz CT molecular complexity index is 715. The molecule has 0 aromatic heterocycles. The predicted octanol–water partition coefficient (Wildman–Crippen LogP) is 3.72. The van der Waals surface area contributed by atoms with Crippen molar-refractivity contribution in [3.8, 4) is 0 Å². The first-order chi connectivity index (χ1) is 11.6. The van der Waals surface area contributed by atoms with Gasteiger partial charge in [0.1, 0.15) is 0 Å². The van der Waals surface area contributed by atoms with Gasteiger partial charge in [0.25, 0.3) is 5.91 Å². The molecule has 1 N–H and O–H groups in total. The molecule has 2 aromatic rings. The van der Waals surface area contributed by atoms with Crippen molar-refractivity contribution in [2.75, 3.05) is 6.54 Å². The first-order valence-electron chi connectivity index (χ1n) is 8.17. The van der Waals surface area contributed by atoms with Gasteiger partial charge in [-0.05, 0) is 43.9 Å². The molecule has 0 aliphatic rings. The Morgan fingerprint density at radius 3 is 2.29 bits per heavy atom. The van der Waals surface area contributed by atoms with Crippen molar-refractivity contribution >= 4 is 17.8 Å². The molecule has 0 unspecified atom stereocenters. The summed E-state index contributed by atoms with van der Waals surface area (Å²) in [7, 11) is 0. The Balaban J connectivity index is 1.92. The molecule has 0 aliphatic carbocycles. The Labute approximate surface area is 143 Å². The molecule has 124 valence electrons. The summed E-state index contributed by atoms with van der Waals surface area (Å²) in [4.78, 5) is 24.0. The summed E-state index contributed by atoms with van der Waals surface area (Å²) in [5.74, 6) is -0.535. The molecular formula is C21H23NO2. The van der Waals surface area contributed by atoms with Gasteiger partial charge in [-0.25, -0.2) is 0 Å². The van der Waals surface area contributed by atoms with Gasteiger partial charge in [0.15, 0.2) is 5.78 Å². The molecule has 0 saturated heterocycles. The molecule has 0 aliphatic heterocycles. The van der Waals surface area contributed by atoms with Crippen LogP contribution < -0.4 is 5.32 Å². The SMILES string of the molecule is CC(=O)/C(=C/c1ccc(C)cc1)C(=O)NCCCc1ccccc1. The van der Waals surface area contributed by atoms with Crippen molar-refractivity contribution in [3.05, 3.63) is 76.9 Å². The van der Waals surface area contributed by atoms with Gasteiger partial charge < -0.3 is 5.32 Å². The topological polar surface area (TPSA) is 46.2 Å². The minimum atomic E-state index is -0.309. The number of benzene rings is 2. The average molecular weight is 321 g/mol. The zero-order valence-electron chi connectivity index (χ0n) is 14.2. The van der Waals surface area contributed by atoms with Crippen molar-refractivity contribution in [1.29, 1.82) is 0 Å². The molecule has 0 heterocycles. The summed E-state index contributed by atoms with van der Waals surface area (Å²) >= 11 is 0. The van der Waals surface area contributed by atoms with E-state index in [2.05, 4.69) is 17.4 Å². The van der Waals surface area contributed by atoms with E-state index in [1.165, 1.54) is 12.5 Å². The Morgan fingerprint density at radius 2 is 1.67 bits per heavy atom. The van der Waals surface area contributed by atoms with Crippen LogP contribution >= 0.6 is 0 Å². The Kier molecular flexibility index (Phi) is 6.50. The fraction of sp³-hybridized carbons (Fsp3) is 0.238. The predicted molar refractivity (Wildman–Crippen MR) is 97.6 cm³/mol. The lowest BCUT2D eigenvalue weighted by Crippen LogP contribution is -2.28. The molecule has 0 saturated carbocycles. The van der Waals surface area contributed by atoms with E-state index in [-0.39, 0.29) is 17.3 Å². The lowest BCUT2D eigenvalue weighted by atomic mass is 10.1. The first-order valence-corrected chi connectivity index (χ1v) is 8.17. The number of aryl methyl sites for hydroxylation is 2. The van der Waals surface area contributed by atoms with Crippen LogP contribution in [0.3, 0.4) is 0 Å². The lowest BCUT2D eigenvalue weighted by molar-refractivity contribution is -0.121. The fourth-order valence-corrected chi connectivity index (χ4v) is 2.39. The lowest BCUT2D eigenvalue weighted by Gasteiger charge is -2.07. The molecule has 24 heavy (non-hydrogen) atoms. The van der Waals surface area contributed by atoms with Crippen LogP contribution in [0.15, 0.2) is 60.2 Å². The highest BCUT2D eigenvalue weighted by Crippen LogP contribution is 2.10. The molecule has 0 radical (unpaired) electrons. The summed E-state index contributed by atoms with van der Waals surface area (Å²) in [6.45, 7) is 3.97. The molecule has 0 spiro atoms. The van der Waals surface area contributed by atoms with E-state index in [4.69, 9.17) is 0 Å². The van der Waals surface area contributed by atoms with Crippen LogP contribution in [0.2, 0.25) is 0 Å². The van der Waals surface area contributed by atoms with Gasteiger partial charge in [0.05, 0.1) is 5.57 Å².